The van der Waals surface area contributed by atoms with Gasteiger partial charge in [0, 0.05) is 18.5 Å². The number of fused-ring (bicyclic) bond motifs is 1. The van der Waals surface area contributed by atoms with Gasteiger partial charge in [0.1, 0.15) is 17.2 Å². The van der Waals surface area contributed by atoms with Crippen molar-refractivity contribution in [3.8, 4) is 5.69 Å². The molecule has 0 saturated heterocycles. The van der Waals surface area contributed by atoms with Crippen LogP contribution in [0.3, 0.4) is 0 Å². The van der Waals surface area contributed by atoms with Gasteiger partial charge in [-0.2, -0.15) is 5.10 Å². The van der Waals surface area contributed by atoms with Gasteiger partial charge in [0.25, 0.3) is 0 Å². The van der Waals surface area contributed by atoms with Crippen LogP contribution in [-0.4, -0.2) is 39.0 Å². The highest BCUT2D eigenvalue weighted by molar-refractivity contribution is 5.89. The van der Waals surface area contributed by atoms with E-state index in [-0.39, 0.29) is 5.82 Å². The van der Waals surface area contributed by atoms with Crippen LogP contribution < -0.4 is 16.6 Å². The normalized spacial score (nSPS) is 16.0. The number of anilines is 1. The molecule has 3 rings (SSSR count). The number of nitrogens with zero attached hydrogens (tertiary/aromatic N) is 3. The third-order valence-electron chi connectivity index (χ3n) is 5.13. The van der Waals surface area contributed by atoms with Crippen molar-refractivity contribution in [3.63, 3.8) is 0 Å². The molecule has 1 aromatic carbocycles. The van der Waals surface area contributed by atoms with Gasteiger partial charge in [-0.15, -0.1) is 0 Å². The molecule has 1 aromatic heterocycles. The average molecular weight is 433 g/mol. The van der Waals surface area contributed by atoms with Crippen LogP contribution in [0.1, 0.15) is 56.1 Å². The number of nitrogens with two attached hydrogens (primary N) is 1. The largest absolute Gasteiger partial charge is 0.444 e. The lowest BCUT2D eigenvalue weighted by molar-refractivity contribution is 0.0160. The smallest absolute Gasteiger partial charge is 0.410 e. The number of rotatable bonds is 2. The van der Waals surface area contributed by atoms with E-state index in [9.17, 15) is 14.0 Å². The van der Waals surface area contributed by atoms with Gasteiger partial charge in [0.05, 0.1) is 17.4 Å². The van der Waals surface area contributed by atoms with Crippen molar-refractivity contribution >= 4 is 17.9 Å². The highest BCUT2D eigenvalue weighted by atomic mass is 19.1. The zero-order chi connectivity index (χ0) is 23.1. The zero-order valence-corrected chi connectivity index (χ0v) is 18.7. The van der Waals surface area contributed by atoms with Crippen LogP contribution in [0.2, 0.25) is 0 Å². The Morgan fingerprint density at radius 1 is 1.26 bits per heavy atom. The maximum Gasteiger partial charge on any atom is 0.410 e. The Kier molecular flexibility index (Phi) is 5.95. The van der Waals surface area contributed by atoms with E-state index >= 15 is 0 Å². The first kappa shape index (κ1) is 22.5. The first-order chi connectivity index (χ1) is 14.4. The highest BCUT2D eigenvalue weighted by Gasteiger charge is 2.36. The predicted molar refractivity (Wildman–Crippen MR) is 114 cm³/mol. The Hall–Kier alpha value is -3.14. The number of hydrogen-bond acceptors (Lipinski definition) is 5. The molecule has 0 saturated carbocycles. The van der Waals surface area contributed by atoms with Gasteiger partial charge in [-0.05, 0) is 64.8 Å². The van der Waals surface area contributed by atoms with E-state index in [1.165, 1.54) is 0 Å². The fourth-order valence-corrected chi connectivity index (χ4v) is 3.74. The maximum absolute atomic E-state index is 14.2. The van der Waals surface area contributed by atoms with Crippen LogP contribution in [0.25, 0.3) is 5.69 Å². The molecule has 2 aromatic rings. The molecule has 1 atom stereocenters. The summed E-state index contributed by atoms with van der Waals surface area (Å²) in [5, 5.41) is 7.38. The Labute approximate surface area is 180 Å². The second-order valence-corrected chi connectivity index (χ2v) is 8.71. The summed E-state index contributed by atoms with van der Waals surface area (Å²) in [6.07, 6.45) is 0.0328. The number of amides is 3. The first-order valence-corrected chi connectivity index (χ1v) is 10.1. The van der Waals surface area contributed by atoms with Crippen molar-refractivity contribution in [2.24, 2.45) is 5.84 Å². The van der Waals surface area contributed by atoms with E-state index in [1.807, 2.05) is 12.3 Å². The van der Waals surface area contributed by atoms with E-state index < -0.39 is 23.8 Å². The zero-order valence-electron chi connectivity index (χ0n) is 18.7. The van der Waals surface area contributed by atoms with E-state index in [4.69, 9.17) is 10.6 Å². The fraction of sp³-hybridized carbons (Fsp3) is 0.476. The quantitative estimate of drug-likeness (QED) is 0.382. The van der Waals surface area contributed by atoms with Crippen molar-refractivity contribution in [1.29, 1.82) is 0 Å². The molecule has 31 heavy (non-hydrogen) atoms. The summed E-state index contributed by atoms with van der Waals surface area (Å²) in [7, 11) is 0. The average Bonchev–Trinajstić information content (AvgIpc) is 3.03. The Balaban J connectivity index is 2.10. The molecule has 0 unspecified atom stereocenters. The van der Waals surface area contributed by atoms with E-state index in [1.54, 1.807) is 56.3 Å². The molecule has 3 amide bonds. The SMILES string of the molecule is Cc1cc(-n2nc3c(c2NC(=O)NN)[C@H](C)N(C(=O)OC(C)(C)C)CC3)cc(C)c1F. The monoisotopic (exact) mass is 432 g/mol. The van der Waals surface area contributed by atoms with Crippen molar-refractivity contribution in [2.75, 3.05) is 11.9 Å². The minimum Gasteiger partial charge on any atom is -0.444 e. The number of ether oxygens (including phenoxy) is 1. The van der Waals surface area contributed by atoms with Gasteiger partial charge >= 0.3 is 12.1 Å². The molecular formula is C21H29FN6O3. The fourth-order valence-electron chi connectivity index (χ4n) is 3.74. The second kappa shape index (κ2) is 8.18. The molecule has 0 aliphatic carbocycles. The number of hydrazine groups is 1. The lowest BCUT2D eigenvalue weighted by Crippen LogP contribution is -2.42. The molecule has 0 fully saturated rings. The van der Waals surface area contributed by atoms with E-state index in [0.717, 1.165) is 5.69 Å². The molecule has 0 bridgehead atoms. The van der Waals surface area contributed by atoms with Gasteiger partial charge < -0.3 is 9.64 Å². The van der Waals surface area contributed by atoms with Crippen LogP contribution in [0.5, 0.6) is 0 Å². The van der Waals surface area contributed by atoms with Crippen LogP contribution in [0, 0.1) is 19.7 Å². The number of urea groups is 1. The molecule has 4 N–H and O–H groups in total. The number of nitrogens with one attached hydrogen (secondary N) is 2. The van der Waals surface area contributed by atoms with E-state index in [2.05, 4.69) is 10.4 Å². The maximum atomic E-state index is 14.2. The minimum atomic E-state index is -0.638. The number of carbonyl (C=O) groups is 2. The number of hydrogen-bond donors (Lipinski definition) is 3. The third kappa shape index (κ3) is 4.48. The molecule has 168 valence electrons. The summed E-state index contributed by atoms with van der Waals surface area (Å²) in [4.78, 5) is 26.4. The predicted octanol–water partition coefficient (Wildman–Crippen LogP) is 3.48. The first-order valence-electron chi connectivity index (χ1n) is 10.1. The van der Waals surface area contributed by atoms with Crippen LogP contribution in [0.4, 0.5) is 19.8 Å². The third-order valence-corrected chi connectivity index (χ3v) is 5.13. The highest BCUT2D eigenvalue weighted by Crippen LogP contribution is 2.37. The topological polar surface area (TPSA) is 115 Å². The molecular weight excluding hydrogens is 403 g/mol. The number of benzene rings is 1. The molecule has 0 spiro atoms. The van der Waals surface area contributed by atoms with Crippen molar-refractivity contribution in [3.05, 3.63) is 40.3 Å². The summed E-state index contributed by atoms with van der Waals surface area (Å²) in [6.45, 7) is 11.0. The summed E-state index contributed by atoms with van der Waals surface area (Å²) < 4.78 is 21.3. The lowest BCUT2D eigenvalue weighted by atomic mass is 10.00. The summed E-state index contributed by atoms with van der Waals surface area (Å²) in [5.41, 5.74) is 4.34. The standard InChI is InChI=1S/C21H29FN6O3/c1-11-9-14(10-12(2)17(11)22)28-18(24-19(29)25-23)16-13(3)27(8-7-15(16)26-28)20(30)31-21(4,5)6/h9-10,13H,7-8,23H2,1-6H3,(H2,24,25,29)/t13-/m0/s1. The van der Waals surface area contributed by atoms with Crippen LogP contribution in [0.15, 0.2) is 12.1 Å². The van der Waals surface area contributed by atoms with Gasteiger partial charge in [0.2, 0.25) is 0 Å². The molecule has 0 radical (unpaired) electrons. The minimum absolute atomic E-state index is 0.292. The molecule has 9 nitrogen and oxygen atoms in total. The summed E-state index contributed by atoms with van der Waals surface area (Å²) in [5.74, 6) is 5.35. The van der Waals surface area contributed by atoms with Crippen molar-refractivity contribution in [1.82, 2.24) is 20.1 Å². The molecule has 1 aliphatic rings. The van der Waals surface area contributed by atoms with Crippen molar-refractivity contribution < 1.29 is 18.7 Å². The summed E-state index contributed by atoms with van der Waals surface area (Å²) >= 11 is 0. The van der Waals surface area contributed by atoms with Crippen LogP contribution >= 0.6 is 0 Å². The second-order valence-electron chi connectivity index (χ2n) is 8.71. The molecule has 10 heteroatoms. The van der Waals surface area contributed by atoms with Crippen molar-refractivity contribution in [2.45, 2.75) is 59.6 Å². The summed E-state index contributed by atoms with van der Waals surface area (Å²) in [6, 6.07) is 2.26. The Morgan fingerprint density at radius 2 is 1.87 bits per heavy atom. The number of halogens is 1. The number of aryl methyl sites for hydroxylation is 2. The Morgan fingerprint density at radius 3 is 2.42 bits per heavy atom. The molecule has 2 heterocycles. The van der Waals surface area contributed by atoms with Gasteiger partial charge in [-0.3, -0.25) is 10.7 Å². The van der Waals surface area contributed by atoms with Crippen LogP contribution in [-0.2, 0) is 11.2 Å². The number of carbonyl (C=O) groups excluding carboxylic acids is 2. The van der Waals surface area contributed by atoms with Gasteiger partial charge in [-0.1, -0.05) is 0 Å². The Bertz CT molecular complexity index is 1000. The van der Waals surface area contributed by atoms with Gasteiger partial charge in [0.15, 0.2) is 0 Å². The number of aromatic nitrogens is 2. The lowest BCUT2D eigenvalue weighted by Gasteiger charge is -2.34. The molecule has 1 aliphatic heterocycles. The van der Waals surface area contributed by atoms with Gasteiger partial charge in [-0.25, -0.2) is 24.5 Å². The van der Waals surface area contributed by atoms with E-state index in [0.29, 0.717) is 41.2 Å².